The molecule has 0 saturated heterocycles. The maximum Gasteiger partial charge on any atom is 0.265 e. The Hall–Kier alpha value is -4.83. The average molecular weight is 574 g/mol. The molecular formula is C30H28ClN5O5. The number of ether oxygens (including phenoxy) is 2. The highest BCUT2D eigenvalue weighted by Crippen LogP contribution is 2.36. The molecule has 0 bridgehead atoms. The standard InChI is InChI=1S/C30H28ClN5O5/c1-40-23-11-7-19(8-12-23)13-25(29(32)38)34-30(39)24-3-2-4-26-28(24)41-17-27(37)36(26)16-22-14-33-18-35(22)15-20-5-9-21(31)10-6-20/h2-12,14,18,25H,13,15-17H2,1H3,(H2,32,38)(H,34,39). The number of imidazole rings is 1. The maximum absolute atomic E-state index is 13.4. The molecule has 0 fully saturated rings. The Morgan fingerprint density at radius 2 is 1.80 bits per heavy atom. The lowest BCUT2D eigenvalue weighted by Crippen LogP contribution is -2.46. The minimum absolute atomic E-state index is 0.190. The van der Waals surface area contributed by atoms with Crippen molar-refractivity contribution in [3.63, 3.8) is 0 Å². The summed E-state index contributed by atoms with van der Waals surface area (Å²) in [5.41, 5.74) is 8.88. The summed E-state index contributed by atoms with van der Waals surface area (Å²) in [7, 11) is 1.56. The highest BCUT2D eigenvalue weighted by atomic mass is 35.5. The zero-order chi connectivity index (χ0) is 28.9. The van der Waals surface area contributed by atoms with Gasteiger partial charge in [-0.25, -0.2) is 4.98 Å². The number of hydrogen-bond acceptors (Lipinski definition) is 6. The summed E-state index contributed by atoms with van der Waals surface area (Å²) in [6.07, 6.45) is 3.60. The summed E-state index contributed by atoms with van der Waals surface area (Å²) >= 11 is 6.01. The third-order valence-electron chi connectivity index (χ3n) is 6.80. The van der Waals surface area contributed by atoms with Crippen LogP contribution >= 0.6 is 11.6 Å². The molecule has 0 aliphatic carbocycles. The topological polar surface area (TPSA) is 129 Å². The Morgan fingerprint density at radius 1 is 1.07 bits per heavy atom. The first-order valence-electron chi connectivity index (χ1n) is 12.8. The van der Waals surface area contributed by atoms with Crippen molar-refractivity contribution < 1.29 is 23.9 Å². The van der Waals surface area contributed by atoms with Crippen LogP contribution in [0.2, 0.25) is 5.02 Å². The van der Waals surface area contributed by atoms with Crippen LogP contribution in [-0.4, -0.2) is 47.0 Å². The molecule has 11 heteroatoms. The number of anilines is 1. The molecule has 1 aromatic heterocycles. The summed E-state index contributed by atoms with van der Waals surface area (Å²) < 4.78 is 12.9. The van der Waals surface area contributed by atoms with Gasteiger partial charge in [0.25, 0.3) is 11.8 Å². The molecule has 1 atom stereocenters. The molecule has 210 valence electrons. The number of nitrogens with zero attached hydrogens (tertiary/aromatic N) is 3. The van der Waals surface area contributed by atoms with E-state index in [2.05, 4.69) is 10.3 Å². The van der Waals surface area contributed by atoms with Crippen molar-refractivity contribution in [2.75, 3.05) is 18.6 Å². The Kier molecular flexibility index (Phi) is 8.21. The highest BCUT2D eigenvalue weighted by molar-refractivity contribution is 6.30. The van der Waals surface area contributed by atoms with Gasteiger partial charge in [0.1, 0.15) is 11.8 Å². The van der Waals surface area contributed by atoms with Crippen LogP contribution in [0.4, 0.5) is 5.69 Å². The zero-order valence-electron chi connectivity index (χ0n) is 22.2. The van der Waals surface area contributed by atoms with E-state index in [0.29, 0.717) is 23.0 Å². The van der Waals surface area contributed by atoms with Gasteiger partial charge in [0.2, 0.25) is 5.91 Å². The predicted octanol–water partition coefficient (Wildman–Crippen LogP) is 3.35. The number of benzene rings is 3. The predicted molar refractivity (Wildman–Crippen MR) is 153 cm³/mol. The quantitative estimate of drug-likeness (QED) is 0.299. The second-order valence-corrected chi connectivity index (χ2v) is 9.98. The van der Waals surface area contributed by atoms with Crippen molar-refractivity contribution >= 4 is 35.0 Å². The highest BCUT2D eigenvalue weighted by Gasteiger charge is 2.31. The van der Waals surface area contributed by atoms with E-state index in [1.54, 1.807) is 67.0 Å². The van der Waals surface area contributed by atoms with Crippen LogP contribution in [0.25, 0.3) is 0 Å². The molecule has 0 radical (unpaired) electrons. The lowest BCUT2D eigenvalue weighted by Gasteiger charge is -2.30. The van der Waals surface area contributed by atoms with Gasteiger partial charge < -0.3 is 25.1 Å². The van der Waals surface area contributed by atoms with Crippen LogP contribution in [0.3, 0.4) is 0 Å². The molecule has 0 saturated carbocycles. The molecule has 4 aromatic rings. The summed E-state index contributed by atoms with van der Waals surface area (Å²) in [5, 5.41) is 3.37. The summed E-state index contributed by atoms with van der Waals surface area (Å²) in [6.45, 7) is 0.520. The maximum atomic E-state index is 13.4. The summed E-state index contributed by atoms with van der Waals surface area (Å²) in [6, 6.07) is 18.6. The van der Waals surface area contributed by atoms with Crippen LogP contribution in [0, 0.1) is 0 Å². The van der Waals surface area contributed by atoms with Gasteiger partial charge in [-0.3, -0.25) is 19.3 Å². The Labute approximate surface area is 241 Å². The molecule has 1 unspecified atom stereocenters. The molecule has 1 aliphatic heterocycles. The van der Waals surface area contributed by atoms with E-state index in [1.165, 1.54) is 0 Å². The third kappa shape index (κ3) is 6.33. The number of fused-ring (bicyclic) bond motifs is 1. The molecule has 5 rings (SSSR count). The van der Waals surface area contributed by atoms with Crippen LogP contribution in [0.15, 0.2) is 79.3 Å². The van der Waals surface area contributed by atoms with E-state index in [9.17, 15) is 14.4 Å². The molecule has 2 heterocycles. The van der Waals surface area contributed by atoms with Crippen molar-refractivity contribution in [2.45, 2.75) is 25.6 Å². The van der Waals surface area contributed by atoms with Crippen LogP contribution in [-0.2, 0) is 29.1 Å². The molecule has 3 aromatic carbocycles. The van der Waals surface area contributed by atoms with Crippen molar-refractivity contribution in [2.24, 2.45) is 5.73 Å². The van der Waals surface area contributed by atoms with Crippen molar-refractivity contribution in [3.8, 4) is 11.5 Å². The van der Waals surface area contributed by atoms with Gasteiger partial charge in [-0.05, 0) is 47.5 Å². The zero-order valence-corrected chi connectivity index (χ0v) is 23.0. The fraction of sp³-hybridized carbons (Fsp3) is 0.200. The van der Waals surface area contributed by atoms with E-state index in [4.69, 9.17) is 26.8 Å². The number of aromatic nitrogens is 2. The van der Waals surface area contributed by atoms with Gasteiger partial charge in [0.15, 0.2) is 12.4 Å². The Balaban J connectivity index is 1.35. The van der Waals surface area contributed by atoms with E-state index < -0.39 is 17.9 Å². The summed E-state index contributed by atoms with van der Waals surface area (Å²) in [4.78, 5) is 44.4. The lowest BCUT2D eigenvalue weighted by atomic mass is 10.0. The number of primary amides is 1. The number of nitrogens with one attached hydrogen (secondary N) is 1. The first kappa shape index (κ1) is 27.7. The van der Waals surface area contributed by atoms with Crippen LogP contribution < -0.4 is 25.4 Å². The van der Waals surface area contributed by atoms with Gasteiger partial charge in [-0.1, -0.05) is 41.9 Å². The number of rotatable bonds is 10. The monoisotopic (exact) mass is 573 g/mol. The van der Waals surface area contributed by atoms with Crippen molar-refractivity contribution in [1.82, 2.24) is 14.9 Å². The molecule has 41 heavy (non-hydrogen) atoms. The number of amides is 3. The normalized spacial score (nSPS) is 13.2. The molecule has 10 nitrogen and oxygen atoms in total. The number of carbonyl (C=O) groups is 3. The van der Waals surface area contributed by atoms with Crippen molar-refractivity contribution in [1.29, 1.82) is 0 Å². The largest absolute Gasteiger partial charge is 0.497 e. The molecule has 1 aliphatic rings. The molecule has 0 spiro atoms. The number of hydrogen-bond donors (Lipinski definition) is 2. The van der Waals surface area contributed by atoms with Crippen LogP contribution in [0.5, 0.6) is 11.5 Å². The molecular weight excluding hydrogens is 546 g/mol. The smallest absolute Gasteiger partial charge is 0.265 e. The first-order chi connectivity index (χ1) is 19.8. The van der Waals surface area contributed by atoms with Gasteiger partial charge in [0.05, 0.1) is 36.9 Å². The number of halogens is 1. The lowest BCUT2D eigenvalue weighted by molar-refractivity contribution is -0.121. The van der Waals surface area contributed by atoms with E-state index in [0.717, 1.165) is 16.8 Å². The van der Waals surface area contributed by atoms with Gasteiger partial charge in [-0.2, -0.15) is 0 Å². The fourth-order valence-electron chi connectivity index (χ4n) is 4.61. The van der Waals surface area contributed by atoms with Gasteiger partial charge in [0, 0.05) is 24.2 Å². The van der Waals surface area contributed by atoms with Gasteiger partial charge >= 0.3 is 0 Å². The average Bonchev–Trinajstić information content (AvgIpc) is 3.41. The Bertz CT molecular complexity index is 1570. The SMILES string of the molecule is COc1ccc(CC(NC(=O)c2cccc3c2OCC(=O)N3Cc2cncn2Cc2ccc(Cl)cc2)C(N)=O)cc1. The van der Waals surface area contributed by atoms with E-state index >= 15 is 0 Å². The Morgan fingerprint density at radius 3 is 2.51 bits per heavy atom. The molecule has 3 amide bonds. The number of carbonyl (C=O) groups excluding carboxylic acids is 3. The van der Waals surface area contributed by atoms with Crippen molar-refractivity contribution in [3.05, 3.63) is 107 Å². The minimum atomic E-state index is -0.963. The van der Waals surface area contributed by atoms with E-state index in [-0.39, 0.29) is 36.8 Å². The molecule has 3 N–H and O–H groups in total. The third-order valence-corrected chi connectivity index (χ3v) is 7.06. The fourth-order valence-corrected chi connectivity index (χ4v) is 4.74. The minimum Gasteiger partial charge on any atom is -0.497 e. The first-order valence-corrected chi connectivity index (χ1v) is 13.2. The number of methoxy groups -OCH3 is 1. The second kappa shape index (κ2) is 12.1. The second-order valence-electron chi connectivity index (χ2n) is 9.54. The number of para-hydroxylation sites is 1. The summed E-state index contributed by atoms with van der Waals surface area (Å²) in [5.74, 6) is -0.551. The van der Waals surface area contributed by atoms with Gasteiger partial charge in [-0.15, -0.1) is 0 Å². The van der Waals surface area contributed by atoms with E-state index in [1.807, 2.05) is 28.8 Å². The number of nitrogens with two attached hydrogens (primary N) is 1. The van der Waals surface area contributed by atoms with Crippen LogP contribution in [0.1, 0.15) is 27.2 Å².